The van der Waals surface area contributed by atoms with Crippen LogP contribution in [0.2, 0.25) is 0 Å². The maximum Gasteiger partial charge on any atom is 0.0641 e. The lowest BCUT2D eigenvalue weighted by molar-refractivity contribution is 1.18. The lowest BCUT2D eigenvalue weighted by atomic mass is 9.97. The minimum Gasteiger partial charge on any atom is -0.308 e. The second-order valence-electron chi connectivity index (χ2n) is 13.6. The van der Waals surface area contributed by atoms with Crippen LogP contribution in [-0.2, 0) is 0 Å². The van der Waals surface area contributed by atoms with Crippen LogP contribution in [0.4, 0.5) is 0 Å². The topological polar surface area (TPSA) is 9.34 Å². The number of nitrogens with zero attached hydrogens (tertiary/aromatic N) is 2. The van der Waals surface area contributed by atoms with Crippen molar-refractivity contribution in [1.29, 1.82) is 0 Å². The highest BCUT2D eigenvalue weighted by Crippen LogP contribution is 2.48. The smallest absolute Gasteiger partial charge is 0.0641 e. The largest absolute Gasteiger partial charge is 0.308 e. The monoisotopic (exact) mass is 664 g/mol. The van der Waals surface area contributed by atoms with Crippen LogP contribution in [0, 0.1) is 0 Å². The van der Waals surface area contributed by atoms with Gasteiger partial charge in [-0.15, -0.1) is 11.3 Å². The van der Waals surface area contributed by atoms with E-state index in [1.807, 2.05) is 11.3 Å². The Labute approximate surface area is 297 Å². The Kier molecular flexibility index (Phi) is 5.41. The standard InChI is InChI=1S/C48H28N2S/c1-2-13-29(14-3-1)31-15-4-8-21-39(31)49-42-26-25-36-33-16-5-9-22-40(33)50-41-23-10-6-17-34(41)38-27-30(28-43(49)45(38)46(42)47(36)50)32-19-12-20-37-35-18-7-11-24-44(35)51-48(32)37/h1-28H. The number of aromatic nitrogens is 2. The number of hydrogen-bond donors (Lipinski definition) is 0. The molecule has 2 nitrogen and oxygen atoms in total. The molecule has 0 aliphatic carbocycles. The predicted octanol–water partition coefficient (Wildman–Crippen LogP) is 13.6. The Balaban J connectivity index is 1.34. The minimum absolute atomic E-state index is 1.18. The molecule has 236 valence electrons. The Morgan fingerprint density at radius 3 is 1.88 bits per heavy atom. The van der Waals surface area contributed by atoms with Gasteiger partial charge in [-0.1, -0.05) is 127 Å². The summed E-state index contributed by atoms with van der Waals surface area (Å²) in [5, 5.41) is 10.3. The molecule has 0 N–H and O–H groups in total. The van der Waals surface area contributed by atoms with E-state index in [-0.39, 0.29) is 0 Å². The molecule has 3 heteroatoms. The average molecular weight is 665 g/mol. The first-order chi connectivity index (χ1) is 25.3. The number of thiophene rings is 1. The number of fused-ring (bicyclic) bond motifs is 9. The summed E-state index contributed by atoms with van der Waals surface area (Å²) in [5.74, 6) is 0. The molecule has 0 radical (unpaired) electrons. The van der Waals surface area contributed by atoms with Crippen molar-refractivity contribution >= 4 is 91.4 Å². The van der Waals surface area contributed by atoms with Gasteiger partial charge >= 0.3 is 0 Å². The first-order valence-electron chi connectivity index (χ1n) is 17.5. The zero-order valence-electron chi connectivity index (χ0n) is 27.5. The Morgan fingerprint density at radius 1 is 0.373 bits per heavy atom. The summed E-state index contributed by atoms with van der Waals surface area (Å²) in [7, 11) is 0. The number of para-hydroxylation sites is 3. The second-order valence-corrected chi connectivity index (χ2v) is 14.7. The molecular weight excluding hydrogens is 637 g/mol. The van der Waals surface area contributed by atoms with Crippen molar-refractivity contribution in [2.75, 3.05) is 0 Å². The van der Waals surface area contributed by atoms with Crippen molar-refractivity contribution in [3.8, 4) is 27.9 Å². The molecule has 0 saturated heterocycles. The molecule has 12 rings (SSSR count). The van der Waals surface area contributed by atoms with E-state index in [2.05, 4.69) is 179 Å². The van der Waals surface area contributed by atoms with Gasteiger partial charge in [-0.3, -0.25) is 0 Å². The molecule has 0 spiro atoms. The lowest BCUT2D eigenvalue weighted by Gasteiger charge is -2.15. The van der Waals surface area contributed by atoms with Gasteiger partial charge in [-0.2, -0.15) is 0 Å². The van der Waals surface area contributed by atoms with Crippen molar-refractivity contribution in [2.24, 2.45) is 0 Å². The van der Waals surface area contributed by atoms with E-state index >= 15 is 0 Å². The maximum absolute atomic E-state index is 2.54. The molecule has 12 aromatic rings. The summed E-state index contributed by atoms with van der Waals surface area (Å²) in [4.78, 5) is 0. The number of benzene rings is 8. The summed E-state index contributed by atoms with van der Waals surface area (Å²) in [6, 6.07) is 62.9. The van der Waals surface area contributed by atoms with Crippen LogP contribution >= 0.6 is 11.3 Å². The summed E-state index contributed by atoms with van der Waals surface area (Å²) >= 11 is 1.90. The van der Waals surface area contributed by atoms with E-state index in [1.54, 1.807) is 0 Å². The van der Waals surface area contributed by atoms with Gasteiger partial charge in [0.05, 0.1) is 33.3 Å². The van der Waals surface area contributed by atoms with Crippen LogP contribution in [0.3, 0.4) is 0 Å². The van der Waals surface area contributed by atoms with E-state index in [9.17, 15) is 0 Å². The highest BCUT2D eigenvalue weighted by molar-refractivity contribution is 7.26. The van der Waals surface area contributed by atoms with Crippen LogP contribution < -0.4 is 0 Å². The van der Waals surface area contributed by atoms with Gasteiger partial charge in [-0.05, 0) is 64.5 Å². The van der Waals surface area contributed by atoms with Gasteiger partial charge < -0.3 is 8.97 Å². The molecule has 0 unspecified atom stereocenters. The third kappa shape index (κ3) is 3.60. The SMILES string of the molecule is c1ccc(-c2ccccc2-n2c3cc(-c4cccc5c4sc4ccccc45)cc4c5ccccc5n5c6ccccc6c6ccc2c(c43)c65)cc1. The van der Waals surface area contributed by atoms with Gasteiger partial charge in [0.2, 0.25) is 0 Å². The Bertz CT molecular complexity index is 3360. The van der Waals surface area contributed by atoms with Crippen molar-refractivity contribution < 1.29 is 0 Å². The van der Waals surface area contributed by atoms with E-state index in [0.717, 1.165) is 0 Å². The van der Waals surface area contributed by atoms with Crippen molar-refractivity contribution in [3.05, 3.63) is 170 Å². The van der Waals surface area contributed by atoms with Crippen molar-refractivity contribution in [3.63, 3.8) is 0 Å². The third-order valence-electron chi connectivity index (χ3n) is 11.0. The third-order valence-corrected chi connectivity index (χ3v) is 12.3. The van der Waals surface area contributed by atoms with Crippen LogP contribution in [-0.4, -0.2) is 8.97 Å². The fourth-order valence-corrected chi connectivity index (χ4v) is 10.2. The van der Waals surface area contributed by atoms with Crippen LogP contribution in [0.1, 0.15) is 0 Å². The van der Waals surface area contributed by atoms with Gasteiger partial charge in [-0.25, -0.2) is 0 Å². The number of hydrogen-bond acceptors (Lipinski definition) is 1. The molecule has 0 bridgehead atoms. The maximum atomic E-state index is 2.54. The molecule has 0 saturated carbocycles. The van der Waals surface area contributed by atoms with E-state index < -0.39 is 0 Å². The molecule has 4 heterocycles. The van der Waals surface area contributed by atoms with Gasteiger partial charge in [0.15, 0.2) is 0 Å². The van der Waals surface area contributed by atoms with Gasteiger partial charge in [0.1, 0.15) is 0 Å². The second kappa shape index (κ2) is 10.1. The minimum atomic E-state index is 1.18. The summed E-state index contributed by atoms with van der Waals surface area (Å²) in [6.45, 7) is 0. The highest BCUT2D eigenvalue weighted by Gasteiger charge is 2.25. The van der Waals surface area contributed by atoms with Crippen LogP contribution in [0.15, 0.2) is 170 Å². The normalized spacial score (nSPS) is 12.3. The molecule has 0 amide bonds. The zero-order chi connectivity index (χ0) is 33.2. The Hall–Kier alpha value is -6.42. The number of rotatable bonds is 3. The van der Waals surface area contributed by atoms with Crippen molar-refractivity contribution in [1.82, 2.24) is 8.97 Å². The molecular formula is C48H28N2S. The molecule has 0 aliphatic rings. The average Bonchev–Trinajstić information content (AvgIpc) is 3.82. The lowest BCUT2D eigenvalue weighted by Crippen LogP contribution is -1.97. The first kappa shape index (κ1) is 27.4. The highest BCUT2D eigenvalue weighted by atomic mass is 32.1. The van der Waals surface area contributed by atoms with E-state index in [1.165, 1.54) is 108 Å². The van der Waals surface area contributed by atoms with Gasteiger partial charge in [0.25, 0.3) is 0 Å². The van der Waals surface area contributed by atoms with Crippen molar-refractivity contribution in [2.45, 2.75) is 0 Å². The molecule has 0 aliphatic heterocycles. The molecule has 0 atom stereocenters. The van der Waals surface area contributed by atoms with Crippen LogP contribution in [0.25, 0.3) is 108 Å². The van der Waals surface area contributed by atoms with Crippen LogP contribution in [0.5, 0.6) is 0 Å². The fourth-order valence-electron chi connectivity index (χ4n) is 8.95. The Morgan fingerprint density at radius 2 is 1.04 bits per heavy atom. The van der Waals surface area contributed by atoms with E-state index in [0.29, 0.717) is 0 Å². The van der Waals surface area contributed by atoms with Gasteiger partial charge in [0, 0.05) is 52.7 Å². The predicted molar refractivity (Wildman–Crippen MR) is 219 cm³/mol. The fraction of sp³-hybridized carbons (Fsp3) is 0. The first-order valence-corrected chi connectivity index (χ1v) is 18.3. The summed E-state index contributed by atoms with van der Waals surface area (Å²) in [6.07, 6.45) is 0. The molecule has 4 aromatic heterocycles. The molecule has 51 heavy (non-hydrogen) atoms. The summed E-state index contributed by atoms with van der Waals surface area (Å²) < 4.78 is 7.73. The summed E-state index contributed by atoms with van der Waals surface area (Å²) in [5.41, 5.74) is 12.3. The molecule has 8 aromatic carbocycles. The van der Waals surface area contributed by atoms with E-state index in [4.69, 9.17) is 0 Å². The quantitative estimate of drug-likeness (QED) is 0.178. The zero-order valence-corrected chi connectivity index (χ0v) is 28.3. The molecule has 0 fully saturated rings.